The van der Waals surface area contributed by atoms with Crippen molar-refractivity contribution in [1.29, 1.82) is 0 Å². The number of hydrogen-bond donors (Lipinski definition) is 1. The maximum atomic E-state index is 13.4. The van der Waals surface area contributed by atoms with Gasteiger partial charge in [0.25, 0.3) is 5.91 Å². The molecule has 9 nitrogen and oxygen atoms in total. The van der Waals surface area contributed by atoms with E-state index >= 15 is 0 Å². The molecule has 2 amide bonds. The smallest absolute Gasteiger partial charge is 0.270 e. The van der Waals surface area contributed by atoms with Gasteiger partial charge in [-0.05, 0) is 38.1 Å². The van der Waals surface area contributed by atoms with Crippen LogP contribution in [0.5, 0.6) is 0 Å². The highest BCUT2D eigenvalue weighted by molar-refractivity contribution is 6.40. The van der Waals surface area contributed by atoms with Gasteiger partial charge in [-0.2, -0.15) is 5.10 Å². The number of anilines is 1. The van der Waals surface area contributed by atoms with Crippen LogP contribution >= 0.6 is 11.6 Å². The summed E-state index contributed by atoms with van der Waals surface area (Å²) in [5.41, 5.74) is 7.13. The van der Waals surface area contributed by atoms with Crippen LogP contribution < -0.4 is 10.7 Å². The van der Waals surface area contributed by atoms with Crippen molar-refractivity contribution in [2.75, 3.05) is 5.01 Å². The number of para-hydroxylation sites is 1. The summed E-state index contributed by atoms with van der Waals surface area (Å²) < 4.78 is 5.77. The Morgan fingerprint density at radius 3 is 2.52 bits per heavy atom. The average Bonchev–Trinajstić information content (AvgIpc) is 3.45. The summed E-state index contributed by atoms with van der Waals surface area (Å²) in [6, 6.07) is 15.3. The summed E-state index contributed by atoms with van der Waals surface area (Å²) in [5, 5.41) is 14.6. The highest BCUT2D eigenvalue weighted by Crippen LogP contribution is 2.28. The minimum atomic E-state index is -0.740. The lowest BCUT2D eigenvalue weighted by Gasteiger charge is -2.24. The monoisotopic (exact) mass is 466 g/mol. The van der Waals surface area contributed by atoms with Crippen molar-refractivity contribution < 1.29 is 14.0 Å². The van der Waals surface area contributed by atoms with E-state index in [1.54, 1.807) is 17.0 Å². The van der Waals surface area contributed by atoms with Crippen molar-refractivity contribution in [3.05, 3.63) is 65.5 Å². The highest BCUT2D eigenvalue weighted by Gasteiger charge is 2.37. The van der Waals surface area contributed by atoms with Crippen LogP contribution in [0.15, 0.2) is 64.1 Å². The molecule has 0 saturated heterocycles. The van der Waals surface area contributed by atoms with Gasteiger partial charge in [-0.25, -0.2) is 0 Å². The Kier molecular flexibility index (Phi) is 6.41. The molecule has 2 aromatic carbocycles. The molecule has 0 fully saturated rings. The number of halogens is 1. The van der Waals surface area contributed by atoms with Gasteiger partial charge >= 0.3 is 0 Å². The summed E-state index contributed by atoms with van der Waals surface area (Å²) in [6.07, 6.45) is 0.112. The van der Waals surface area contributed by atoms with Gasteiger partial charge in [-0.15, -0.1) is 10.2 Å². The molecule has 3 aromatic rings. The molecule has 1 aliphatic rings. The third kappa shape index (κ3) is 4.73. The number of primary amides is 1. The Morgan fingerprint density at radius 1 is 1.15 bits per heavy atom. The van der Waals surface area contributed by atoms with Crippen molar-refractivity contribution in [3.63, 3.8) is 0 Å². The molecule has 170 valence electrons. The molecular weight excluding hydrogens is 444 g/mol. The van der Waals surface area contributed by atoms with Crippen molar-refractivity contribution >= 4 is 34.8 Å². The van der Waals surface area contributed by atoms with Crippen LogP contribution in [0.1, 0.15) is 26.2 Å². The fourth-order valence-corrected chi connectivity index (χ4v) is 3.76. The van der Waals surface area contributed by atoms with Gasteiger partial charge in [0.1, 0.15) is 11.8 Å². The SMILES string of the molecule is CC(C)N(Cc1nnc(-c2ccccc2Cl)o1)C(=O)C1=NN(c2ccccc2)C(C(N)=O)C1. The van der Waals surface area contributed by atoms with E-state index in [1.807, 2.05) is 56.3 Å². The number of rotatable bonds is 7. The number of nitrogens with zero attached hydrogens (tertiary/aromatic N) is 5. The van der Waals surface area contributed by atoms with Gasteiger partial charge in [0.2, 0.25) is 17.7 Å². The summed E-state index contributed by atoms with van der Waals surface area (Å²) in [7, 11) is 0. The lowest BCUT2D eigenvalue weighted by atomic mass is 10.1. The third-order valence-electron chi connectivity index (χ3n) is 5.27. The van der Waals surface area contributed by atoms with Crippen LogP contribution in [-0.4, -0.2) is 44.7 Å². The van der Waals surface area contributed by atoms with Crippen molar-refractivity contribution in [2.45, 2.75) is 38.9 Å². The zero-order valence-corrected chi connectivity index (χ0v) is 18.9. The maximum absolute atomic E-state index is 13.4. The molecular formula is C23H23ClN6O3. The molecule has 33 heavy (non-hydrogen) atoms. The van der Waals surface area contributed by atoms with Gasteiger partial charge in [0.15, 0.2) is 0 Å². The van der Waals surface area contributed by atoms with Gasteiger partial charge in [0, 0.05) is 12.5 Å². The van der Waals surface area contributed by atoms with E-state index in [2.05, 4.69) is 15.3 Å². The number of nitrogens with two attached hydrogens (primary N) is 1. The molecule has 0 aliphatic carbocycles. The van der Waals surface area contributed by atoms with E-state index in [9.17, 15) is 9.59 Å². The van der Waals surface area contributed by atoms with Gasteiger partial charge < -0.3 is 15.1 Å². The van der Waals surface area contributed by atoms with Gasteiger partial charge in [-0.1, -0.05) is 41.9 Å². The summed E-state index contributed by atoms with van der Waals surface area (Å²) in [5.74, 6) is -0.346. The first-order valence-electron chi connectivity index (χ1n) is 10.4. The van der Waals surface area contributed by atoms with E-state index in [1.165, 1.54) is 5.01 Å². The zero-order chi connectivity index (χ0) is 23.5. The lowest BCUT2D eigenvalue weighted by Crippen LogP contribution is -2.42. The van der Waals surface area contributed by atoms with Crippen molar-refractivity contribution in [1.82, 2.24) is 15.1 Å². The molecule has 0 bridgehead atoms. The molecule has 4 rings (SSSR count). The van der Waals surface area contributed by atoms with Crippen molar-refractivity contribution in [3.8, 4) is 11.5 Å². The number of carbonyl (C=O) groups is 2. The van der Waals surface area contributed by atoms with E-state index in [4.69, 9.17) is 21.8 Å². The Hall–Kier alpha value is -3.72. The highest BCUT2D eigenvalue weighted by atomic mass is 35.5. The maximum Gasteiger partial charge on any atom is 0.270 e. The second-order valence-corrected chi connectivity index (χ2v) is 8.26. The first-order chi connectivity index (χ1) is 15.8. The van der Waals surface area contributed by atoms with E-state index in [0.717, 1.165) is 0 Å². The molecule has 0 spiro atoms. The predicted molar refractivity (Wildman–Crippen MR) is 124 cm³/mol. The molecule has 1 atom stereocenters. The first kappa shape index (κ1) is 22.5. The lowest BCUT2D eigenvalue weighted by molar-refractivity contribution is -0.126. The quantitative estimate of drug-likeness (QED) is 0.571. The zero-order valence-electron chi connectivity index (χ0n) is 18.2. The number of aromatic nitrogens is 2. The second-order valence-electron chi connectivity index (χ2n) is 7.86. The summed E-state index contributed by atoms with van der Waals surface area (Å²) >= 11 is 6.21. The number of hydrogen-bond acceptors (Lipinski definition) is 7. The predicted octanol–water partition coefficient (Wildman–Crippen LogP) is 3.25. The molecule has 0 saturated carbocycles. The Morgan fingerprint density at radius 2 is 1.85 bits per heavy atom. The van der Waals surface area contributed by atoms with E-state index in [0.29, 0.717) is 16.3 Å². The summed E-state index contributed by atoms with van der Waals surface area (Å²) in [4.78, 5) is 27.0. The minimum Gasteiger partial charge on any atom is -0.419 e. The number of hydrazone groups is 1. The Labute approximate surface area is 195 Å². The van der Waals surface area contributed by atoms with E-state index < -0.39 is 11.9 Å². The Balaban J connectivity index is 1.57. The van der Waals surface area contributed by atoms with Crippen LogP contribution in [0, 0.1) is 0 Å². The topological polar surface area (TPSA) is 118 Å². The fraction of sp³-hybridized carbons (Fsp3) is 0.261. The van der Waals surface area contributed by atoms with Gasteiger partial charge in [-0.3, -0.25) is 14.6 Å². The first-order valence-corrected chi connectivity index (χ1v) is 10.8. The van der Waals surface area contributed by atoms with Crippen LogP contribution in [0.3, 0.4) is 0 Å². The molecule has 0 radical (unpaired) electrons. The fourth-order valence-electron chi connectivity index (χ4n) is 3.54. The number of amides is 2. The number of benzene rings is 2. The van der Waals surface area contributed by atoms with Crippen molar-refractivity contribution in [2.24, 2.45) is 10.8 Å². The molecule has 1 unspecified atom stereocenters. The van der Waals surface area contributed by atoms with E-state index in [-0.39, 0.29) is 42.4 Å². The normalized spacial score (nSPS) is 15.6. The molecule has 2 N–H and O–H groups in total. The van der Waals surface area contributed by atoms with Gasteiger partial charge in [0.05, 0.1) is 22.8 Å². The molecule has 1 aliphatic heterocycles. The molecule has 10 heteroatoms. The molecule has 2 heterocycles. The Bertz CT molecular complexity index is 1190. The van der Waals surface area contributed by atoms with Crippen LogP contribution in [0.4, 0.5) is 5.69 Å². The molecule has 1 aromatic heterocycles. The average molecular weight is 467 g/mol. The van der Waals surface area contributed by atoms with Crippen LogP contribution in [0.2, 0.25) is 5.02 Å². The van der Waals surface area contributed by atoms with Crippen LogP contribution in [-0.2, 0) is 16.1 Å². The van der Waals surface area contributed by atoms with Crippen LogP contribution in [0.25, 0.3) is 11.5 Å². The second kappa shape index (κ2) is 9.41. The minimum absolute atomic E-state index is 0.0829. The number of carbonyl (C=O) groups excluding carboxylic acids is 2. The third-order valence-corrected chi connectivity index (χ3v) is 5.60. The standard InChI is InChI=1S/C23H23ClN6O3/c1-14(2)29(13-20-26-27-22(33-20)16-10-6-7-11-17(16)24)23(32)18-12-19(21(25)31)30(28-18)15-8-4-3-5-9-15/h3-11,14,19H,12-13H2,1-2H3,(H2,25,31). The largest absolute Gasteiger partial charge is 0.419 e. The summed E-state index contributed by atoms with van der Waals surface area (Å²) in [6.45, 7) is 3.83.